The van der Waals surface area contributed by atoms with E-state index in [1.165, 1.54) is 0 Å². The molecule has 0 saturated carbocycles. The summed E-state index contributed by atoms with van der Waals surface area (Å²) in [7, 11) is 3.56. The summed E-state index contributed by atoms with van der Waals surface area (Å²) in [5.41, 5.74) is 0. The third-order valence-electron chi connectivity index (χ3n) is 4.55. The second-order valence-corrected chi connectivity index (χ2v) is 7.42. The third kappa shape index (κ3) is 17.6. The molecule has 0 radical (unpaired) electrons. The highest BCUT2D eigenvalue weighted by atomic mass is 16.2. The molecular weight excluding hydrogens is 342 g/mol. The summed E-state index contributed by atoms with van der Waals surface area (Å²) in [6, 6.07) is 0. The predicted octanol–water partition coefficient (Wildman–Crippen LogP) is 3.40. The zero-order valence-electron chi connectivity index (χ0n) is 17.8. The van der Waals surface area contributed by atoms with Crippen molar-refractivity contribution in [3.63, 3.8) is 0 Å². The summed E-state index contributed by atoms with van der Waals surface area (Å²) in [4.78, 5) is 36.2. The average Bonchev–Trinajstić information content (AvgIpc) is 2.64. The molecule has 0 fully saturated rings. The number of rotatable bonds is 17. The highest BCUT2D eigenvalue weighted by molar-refractivity contribution is 5.76. The van der Waals surface area contributed by atoms with E-state index in [1.54, 1.807) is 19.0 Å². The second kappa shape index (κ2) is 17.8. The fourth-order valence-corrected chi connectivity index (χ4v) is 2.71. The van der Waals surface area contributed by atoms with Crippen molar-refractivity contribution < 1.29 is 14.4 Å². The zero-order valence-corrected chi connectivity index (χ0v) is 17.8. The molecule has 0 unspecified atom stereocenters. The smallest absolute Gasteiger partial charge is 0.222 e. The standard InChI is InChI=1S/C21H41N3O3/c1-4-5-14-19(25)22-17-12-8-6-10-15-20(26)23-18-13-9-7-11-16-21(27)24(2)3/h4-18H2,1-3H3,(H,22,25)(H,23,26). The summed E-state index contributed by atoms with van der Waals surface area (Å²) in [6.07, 6.45) is 11.8. The van der Waals surface area contributed by atoms with Crippen molar-refractivity contribution in [1.82, 2.24) is 15.5 Å². The van der Waals surface area contributed by atoms with Crippen LogP contribution < -0.4 is 10.6 Å². The van der Waals surface area contributed by atoms with Crippen molar-refractivity contribution in [1.29, 1.82) is 0 Å². The van der Waals surface area contributed by atoms with Gasteiger partial charge in [-0.2, -0.15) is 0 Å². The number of hydrogen-bond donors (Lipinski definition) is 2. The van der Waals surface area contributed by atoms with Crippen LogP contribution in [0.3, 0.4) is 0 Å². The van der Waals surface area contributed by atoms with Gasteiger partial charge >= 0.3 is 0 Å². The molecule has 0 aliphatic heterocycles. The van der Waals surface area contributed by atoms with E-state index in [2.05, 4.69) is 17.6 Å². The van der Waals surface area contributed by atoms with Gasteiger partial charge in [0, 0.05) is 46.4 Å². The van der Waals surface area contributed by atoms with Gasteiger partial charge in [0.2, 0.25) is 17.7 Å². The monoisotopic (exact) mass is 383 g/mol. The lowest BCUT2D eigenvalue weighted by atomic mass is 10.1. The van der Waals surface area contributed by atoms with E-state index in [9.17, 15) is 14.4 Å². The topological polar surface area (TPSA) is 78.5 Å². The van der Waals surface area contributed by atoms with Crippen LogP contribution in [0.1, 0.15) is 90.4 Å². The van der Waals surface area contributed by atoms with E-state index >= 15 is 0 Å². The largest absolute Gasteiger partial charge is 0.356 e. The molecule has 158 valence electrons. The van der Waals surface area contributed by atoms with Gasteiger partial charge in [0.25, 0.3) is 0 Å². The van der Waals surface area contributed by atoms with Crippen LogP contribution in [0.25, 0.3) is 0 Å². The fourth-order valence-electron chi connectivity index (χ4n) is 2.71. The minimum absolute atomic E-state index is 0.130. The minimum atomic E-state index is 0.130. The van der Waals surface area contributed by atoms with Crippen LogP contribution in [0.5, 0.6) is 0 Å². The maximum absolute atomic E-state index is 11.8. The first-order valence-electron chi connectivity index (χ1n) is 10.7. The van der Waals surface area contributed by atoms with Crippen LogP contribution in [-0.4, -0.2) is 49.8 Å². The van der Waals surface area contributed by atoms with E-state index in [0.29, 0.717) is 19.3 Å². The van der Waals surface area contributed by atoms with Crippen LogP contribution in [-0.2, 0) is 14.4 Å². The van der Waals surface area contributed by atoms with Crippen molar-refractivity contribution in [3.8, 4) is 0 Å². The van der Waals surface area contributed by atoms with E-state index in [0.717, 1.165) is 77.3 Å². The van der Waals surface area contributed by atoms with Gasteiger partial charge in [-0.1, -0.05) is 39.0 Å². The molecule has 0 aromatic heterocycles. The summed E-state index contributed by atoms with van der Waals surface area (Å²) in [5.74, 6) is 0.466. The van der Waals surface area contributed by atoms with Gasteiger partial charge in [-0.15, -0.1) is 0 Å². The van der Waals surface area contributed by atoms with Gasteiger partial charge in [0.05, 0.1) is 0 Å². The Labute approximate surface area is 165 Å². The second-order valence-electron chi connectivity index (χ2n) is 7.42. The first kappa shape index (κ1) is 25.4. The SMILES string of the molecule is CCCCC(=O)NCCCCCCC(=O)NCCCCCCC(=O)N(C)C. The van der Waals surface area contributed by atoms with Crippen molar-refractivity contribution in [2.45, 2.75) is 90.4 Å². The maximum Gasteiger partial charge on any atom is 0.222 e. The third-order valence-corrected chi connectivity index (χ3v) is 4.55. The number of unbranched alkanes of at least 4 members (excludes halogenated alkanes) is 7. The molecule has 0 bridgehead atoms. The van der Waals surface area contributed by atoms with E-state index < -0.39 is 0 Å². The lowest BCUT2D eigenvalue weighted by molar-refractivity contribution is -0.128. The number of carbonyl (C=O) groups excluding carboxylic acids is 3. The quantitative estimate of drug-likeness (QED) is 0.378. The van der Waals surface area contributed by atoms with Crippen molar-refractivity contribution >= 4 is 17.7 Å². The Balaban J connectivity index is 3.33. The summed E-state index contributed by atoms with van der Waals surface area (Å²) < 4.78 is 0. The first-order chi connectivity index (χ1) is 13.0. The Morgan fingerprint density at radius 3 is 1.56 bits per heavy atom. The molecule has 0 aliphatic carbocycles. The van der Waals surface area contributed by atoms with Crippen molar-refractivity contribution in [2.24, 2.45) is 0 Å². The summed E-state index contributed by atoms with van der Waals surface area (Å²) in [5, 5.41) is 5.90. The Morgan fingerprint density at radius 2 is 1.07 bits per heavy atom. The predicted molar refractivity (Wildman–Crippen MR) is 110 cm³/mol. The minimum Gasteiger partial charge on any atom is -0.356 e. The Morgan fingerprint density at radius 1 is 0.630 bits per heavy atom. The maximum atomic E-state index is 11.8. The van der Waals surface area contributed by atoms with E-state index in [1.807, 2.05) is 0 Å². The summed E-state index contributed by atoms with van der Waals surface area (Å²) >= 11 is 0. The molecule has 6 heteroatoms. The fraction of sp³-hybridized carbons (Fsp3) is 0.857. The molecule has 0 spiro atoms. The molecule has 0 saturated heterocycles. The number of nitrogens with one attached hydrogen (secondary N) is 2. The molecule has 0 aromatic carbocycles. The number of amides is 3. The van der Waals surface area contributed by atoms with E-state index in [-0.39, 0.29) is 17.7 Å². The van der Waals surface area contributed by atoms with Crippen LogP contribution >= 0.6 is 0 Å². The van der Waals surface area contributed by atoms with Gasteiger partial charge in [-0.05, 0) is 32.1 Å². The van der Waals surface area contributed by atoms with Crippen LogP contribution in [0.15, 0.2) is 0 Å². The lowest BCUT2D eigenvalue weighted by Crippen LogP contribution is -2.24. The molecule has 0 aliphatic rings. The molecule has 3 amide bonds. The van der Waals surface area contributed by atoms with Crippen LogP contribution in [0.2, 0.25) is 0 Å². The van der Waals surface area contributed by atoms with Gasteiger partial charge in [-0.3, -0.25) is 14.4 Å². The molecule has 2 N–H and O–H groups in total. The van der Waals surface area contributed by atoms with Crippen LogP contribution in [0, 0.1) is 0 Å². The highest BCUT2D eigenvalue weighted by Crippen LogP contribution is 2.05. The zero-order chi connectivity index (χ0) is 20.3. The average molecular weight is 384 g/mol. The first-order valence-corrected chi connectivity index (χ1v) is 10.7. The number of carbonyl (C=O) groups is 3. The van der Waals surface area contributed by atoms with Gasteiger partial charge < -0.3 is 15.5 Å². The van der Waals surface area contributed by atoms with Crippen LogP contribution in [0.4, 0.5) is 0 Å². The molecule has 0 atom stereocenters. The van der Waals surface area contributed by atoms with Gasteiger partial charge in [0.1, 0.15) is 0 Å². The van der Waals surface area contributed by atoms with Crippen molar-refractivity contribution in [2.75, 3.05) is 27.2 Å². The highest BCUT2D eigenvalue weighted by Gasteiger charge is 2.04. The van der Waals surface area contributed by atoms with E-state index in [4.69, 9.17) is 0 Å². The normalized spacial score (nSPS) is 10.5. The molecule has 27 heavy (non-hydrogen) atoms. The molecule has 0 aromatic rings. The van der Waals surface area contributed by atoms with Crippen molar-refractivity contribution in [3.05, 3.63) is 0 Å². The lowest BCUT2D eigenvalue weighted by Gasteiger charge is -2.09. The van der Waals surface area contributed by atoms with Gasteiger partial charge in [-0.25, -0.2) is 0 Å². The molecule has 6 nitrogen and oxygen atoms in total. The Hall–Kier alpha value is -1.59. The Bertz CT molecular complexity index is 411. The number of hydrogen-bond acceptors (Lipinski definition) is 3. The molecule has 0 heterocycles. The number of nitrogens with zero attached hydrogens (tertiary/aromatic N) is 1. The molecule has 0 rings (SSSR count). The molecular formula is C21H41N3O3. The Kier molecular flexibility index (Phi) is 16.8. The van der Waals surface area contributed by atoms with Gasteiger partial charge in [0.15, 0.2) is 0 Å². The summed E-state index contributed by atoms with van der Waals surface area (Å²) in [6.45, 7) is 3.55.